The van der Waals surface area contributed by atoms with Gasteiger partial charge in [-0.1, -0.05) is 11.6 Å². The van der Waals surface area contributed by atoms with E-state index in [9.17, 15) is 4.79 Å². The summed E-state index contributed by atoms with van der Waals surface area (Å²) in [6.45, 7) is 5.45. The minimum Gasteiger partial charge on any atom is -0.481 e. The van der Waals surface area contributed by atoms with Crippen molar-refractivity contribution in [3.63, 3.8) is 0 Å². The average Bonchev–Trinajstić information content (AvgIpc) is 2.95. The molecule has 6 heteroatoms. The number of carbonyl (C=O) groups excluding carboxylic acids is 1. The van der Waals surface area contributed by atoms with Gasteiger partial charge in [-0.05, 0) is 44.5 Å². The molecule has 21 heavy (non-hydrogen) atoms. The summed E-state index contributed by atoms with van der Waals surface area (Å²) in [7, 11) is 0. The van der Waals surface area contributed by atoms with Crippen molar-refractivity contribution < 1.29 is 9.53 Å². The van der Waals surface area contributed by atoms with Gasteiger partial charge >= 0.3 is 0 Å². The van der Waals surface area contributed by atoms with Crippen LogP contribution in [0.1, 0.15) is 31.3 Å². The predicted octanol–water partition coefficient (Wildman–Crippen LogP) is 3.02. The Kier molecular flexibility index (Phi) is 4.85. The van der Waals surface area contributed by atoms with Gasteiger partial charge in [0.1, 0.15) is 11.6 Å². The van der Waals surface area contributed by atoms with Gasteiger partial charge < -0.3 is 15.0 Å². The number of halogens is 1. The zero-order chi connectivity index (χ0) is 15.4. The molecular formula is C15H18ClN3O2. The number of hydrogen-bond donors (Lipinski definition) is 2. The lowest BCUT2D eigenvalue weighted by atomic mass is 10.2. The van der Waals surface area contributed by atoms with Crippen LogP contribution in [0.4, 0.5) is 0 Å². The maximum atomic E-state index is 12.1. The first-order valence-corrected chi connectivity index (χ1v) is 7.07. The Morgan fingerprint density at radius 2 is 2.19 bits per heavy atom. The lowest BCUT2D eigenvalue weighted by Gasteiger charge is -2.18. The van der Waals surface area contributed by atoms with Gasteiger partial charge in [0.15, 0.2) is 6.10 Å². The molecule has 0 spiro atoms. The lowest BCUT2D eigenvalue weighted by Crippen LogP contribution is -2.38. The van der Waals surface area contributed by atoms with E-state index in [0.717, 1.165) is 5.56 Å². The van der Waals surface area contributed by atoms with Crippen LogP contribution in [0.2, 0.25) is 5.02 Å². The summed E-state index contributed by atoms with van der Waals surface area (Å²) in [6.07, 6.45) is 2.76. The molecule has 0 aliphatic rings. The molecule has 2 unspecified atom stereocenters. The van der Waals surface area contributed by atoms with E-state index in [2.05, 4.69) is 15.3 Å². The summed E-state index contributed by atoms with van der Waals surface area (Å²) in [5.41, 5.74) is 0.890. The number of hydrogen-bond acceptors (Lipinski definition) is 3. The van der Waals surface area contributed by atoms with Gasteiger partial charge in [-0.25, -0.2) is 4.98 Å². The highest BCUT2D eigenvalue weighted by Gasteiger charge is 2.19. The number of aryl methyl sites for hydroxylation is 1. The van der Waals surface area contributed by atoms with E-state index < -0.39 is 6.10 Å². The molecular weight excluding hydrogens is 290 g/mol. The third-order valence-corrected chi connectivity index (χ3v) is 3.33. The molecule has 1 aromatic heterocycles. The first-order valence-electron chi connectivity index (χ1n) is 6.70. The highest BCUT2D eigenvalue weighted by Crippen LogP contribution is 2.23. The van der Waals surface area contributed by atoms with E-state index >= 15 is 0 Å². The lowest BCUT2D eigenvalue weighted by molar-refractivity contribution is -0.128. The fraction of sp³-hybridized carbons (Fsp3) is 0.333. The minimum atomic E-state index is -0.609. The van der Waals surface area contributed by atoms with Crippen molar-refractivity contribution in [2.75, 3.05) is 0 Å². The summed E-state index contributed by atoms with van der Waals surface area (Å²) in [5.74, 6) is 1.15. The molecule has 0 fully saturated rings. The Morgan fingerprint density at radius 3 is 2.81 bits per heavy atom. The van der Waals surface area contributed by atoms with E-state index in [1.54, 1.807) is 37.5 Å². The number of carbonyl (C=O) groups is 1. The van der Waals surface area contributed by atoms with Crippen molar-refractivity contribution in [3.8, 4) is 5.75 Å². The molecule has 2 atom stereocenters. The first-order chi connectivity index (χ1) is 9.97. The van der Waals surface area contributed by atoms with Crippen molar-refractivity contribution in [2.24, 2.45) is 0 Å². The topological polar surface area (TPSA) is 67.0 Å². The van der Waals surface area contributed by atoms with E-state index in [0.29, 0.717) is 16.6 Å². The summed E-state index contributed by atoms with van der Waals surface area (Å²) >= 11 is 5.90. The molecule has 2 rings (SSSR count). The number of ether oxygens (including phenoxy) is 1. The standard InChI is InChI=1S/C15H18ClN3O2/c1-9-8-12(16)4-5-13(9)21-11(3)15(20)19-10(2)14-17-6-7-18-14/h4-8,10-11H,1-3H3,(H,17,18)(H,19,20). The van der Waals surface area contributed by atoms with Gasteiger partial charge in [-0.3, -0.25) is 4.79 Å². The van der Waals surface area contributed by atoms with E-state index in [1.165, 1.54) is 0 Å². The molecule has 5 nitrogen and oxygen atoms in total. The van der Waals surface area contributed by atoms with Crippen LogP contribution in [0.25, 0.3) is 0 Å². The molecule has 0 bridgehead atoms. The number of imidazole rings is 1. The number of H-pyrrole nitrogens is 1. The van der Waals surface area contributed by atoms with Crippen LogP contribution in [0.3, 0.4) is 0 Å². The Bertz CT molecular complexity index is 613. The number of nitrogens with zero attached hydrogens (tertiary/aromatic N) is 1. The second kappa shape index (κ2) is 6.63. The molecule has 1 aromatic carbocycles. The van der Waals surface area contributed by atoms with Gasteiger partial charge in [0.2, 0.25) is 0 Å². The van der Waals surface area contributed by atoms with E-state index in [4.69, 9.17) is 16.3 Å². The van der Waals surface area contributed by atoms with Crippen molar-refractivity contribution in [3.05, 3.63) is 47.0 Å². The minimum absolute atomic E-state index is 0.201. The molecule has 0 saturated carbocycles. The molecule has 112 valence electrons. The first kappa shape index (κ1) is 15.4. The molecule has 0 radical (unpaired) electrons. The Hall–Kier alpha value is -2.01. The van der Waals surface area contributed by atoms with Gasteiger partial charge in [-0.2, -0.15) is 0 Å². The highest BCUT2D eigenvalue weighted by atomic mass is 35.5. The van der Waals surface area contributed by atoms with Crippen LogP contribution in [0.15, 0.2) is 30.6 Å². The molecule has 0 saturated heterocycles. The zero-order valence-electron chi connectivity index (χ0n) is 12.2. The van der Waals surface area contributed by atoms with Gasteiger partial charge in [0.05, 0.1) is 6.04 Å². The third-order valence-electron chi connectivity index (χ3n) is 3.10. The molecule has 1 amide bonds. The van der Waals surface area contributed by atoms with E-state index in [1.807, 2.05) is 13.8 Å². The molecule has 2 N–H and O–H groups in total. The highest BCUT2D eigenvalue weighted by molar-refractivity contribution is 6.30. The number of benzene rings is 1. The summed E-state index contributed by atoms with van der Waals surface area (Å²) in [6, 6.07) is 5.09. The molecule has 1 heterocycles. The van der Waals surface area contributed by atoms with Crippen molar-refractivity contribution in [2.45, 2.75) is 32.9 Å². The predicted molar refractivity (Wildman–Crippen MR) is 81.4 cm³/mol. The summed E-state index contributed by atoms with van der Waals surface area (Å²) < 4.78 is 5.68. The normalized spacial score (nSPS) is 13.5. The van der Waals surface area contributed by atoms with Crippen molar-refractivity contribution in [1.29, 1.82) is 0 Å². The fourth-order valence-electron chi connectivity index (χ4n) is 1.90. The van der Waals surface area contributed by atoms with Crippen LogP contribution in [-0.2, 0) is 4.79 Å². The number of aromatic nitrogens is 2. The maximum Gasteiger partial charge on any atom is 0.261 e. The Labute approximate surface area is 128 Å². The average molecular weight is 308 g/mol. The SMILES string of the molecule is Cc1cc(Cl)ccc1OC(C)C(=O)NC(C)c1ncc[nH]1. The van der Waals surface area contributed by atoms with Crippen LogP contribution in [0.5, 0.6) is 5.75 Å². The maximum absolute atomic E-state index is 12.1. The Balaban J connectivity index is 1.96. The third kappa shape index (κ3) is 3.98. The van der Waals surface area contributed by atoms with Crippen molar-refractivity contribution in [1.82, 2.24) is 15.3 Å². The largest absolute Gasteiger partial charge is 0.481 e. The van der Waals surface area contributed by atoms with Gasteiger partial charge in [0.25, 0.3) is 5.91 Å². The second-order valence-electron chi connectivity index (χ2n) is 4.87. The molecule has 2 aromatic rings. The number of rotatable bonds is 5. The number of nitrogens with one attached hydrogen (secondary N) is 2. The number of aromatic amines is 1. The molecule has 0 aliphatic heterocycles. The van der Waals surface area contributed by atoms with Crippen LogP contribution in [0, 0.1) is 6.92 Å². The Morgan fingerprint density at radius 1 is 1.43 bits per heavy atom. The summed E-state index contributed by atoms with van der Waals surface area (Å²) in [4.78, 5) is 19.2. The quantitative estimate of drug-likeness (QED) is 0.892. The smallest absolute Gasteiger partial charge is 0.261 e. The van der Waals surface area contributed by atoms with Crippen molar-refractivity contribution >= 4 is 17.5 Å². The summed E-state index contributed by atoms with van der Waals surface area (Å²) in [5, 5.41) is 3.49. The monoisotopic (exact) mass is 307 g/mol. The molecule has 0 aliphatic carbocycles. The number of amides is 1. The zero-order valence-corrected chi connectivity index (χ0v) is 12.9. The second-order valence-corrected chi connectivity index (χ2v) is 5.31. The van der Waals surface area contributed by atoms with E-state index in [-0.39, 0.29) is 11.9 Å². The van der Waals surface area contributed by atoms with Gasteiger partial charge in [0, 0.05) is 17.4 Å². The van der Waals surface area contributed by atoms with Gasteiger partial charge in [-0.15, -0.1) is 0 Å². The van der Waals surface area contributed by atoms with Crippen LogP contribution < -0.4 is 10.1 Å². The van der Waals surface area contributed by atoms with Crippen LogP contribution in [-0.4, -0.2) is 22.0 Å². The van der Waals surface area contributed by atoms with Crippen LogP contribution >= 0.6 is 11.6 Å². The fourth-order valence-corrected chi connectivity index (χ4v) is 2.13.